The van der Waals surface area contributed by atoms with Crippen molar-refractivity contribution in [1.29, 1.82) is 0 Å². The Hall–Kier alpha value is -2.21. The van der Waals surface area contributed by atoms with E-state index < -0.39 is 42.9 Å². The summed E-state index contributed by atoms with van der Waals surface area (Å²) < 4.78 is 26.1. The Morgan fingerprint density at radius 3 is 2.54 bits per heavy atom. The van der Waals surface area contributed by atoms with Gasteiger partial charge in [-0.05, 0) is 17.5 Å². The maximum absolute atomic E-state index is 12.2. The molecule has 28 heavy (non-hydrogen) atoms. The van der Waals surface area contributed by atoms with Crippen LogP contribution in [0.5, 0.6) is 11.5 Å². The van der Waals surface area contributed by atoms with E-state index in [0.29, 0.717) is 11.1 Å². The lowest BCUT2D eigenvalue weighted by Gasteiger charge is -2.41. The molecule has 2 aromatic rings. The number of aliphatic hydroxyl groups excluding tert-OH is 3. The van der Waals surface area contributed by atoms with E-state index in [1.165, 1.54) is 26.4 Å². The first-order chi connectivity index (χ1) is 13.4. The van der Waals surface area contributed by atoms with E-state index in [9.17, 15) is 25.2 Å². The van der Waals surface area contributed by atoms with Crippen LogP contribution >= 0.6 is 0 Å². The number of fused-ring (bicyclic) bond motifs is 1. The molecule has 3 rings (SSSR count). The van der Waals surface area contributed by atoms with Crippen molar-refractivity contribution in [3.8, 4) is 11.5 Å². The molecule has 0 aliphatic carbocycles. The summed E-state index contributed by atoms with van der Waals surface area (Å²) in [5, 5.41) is 40.0. The van der Waals surface area contributed by atoms with Crippen molar-refractivity contribution in [1.82, 2.24) is 0 Å². The SMILES string of the molecule is COc1cc(O)c2c(=O)oc(CO[C@H]3O[C@@H](CO)[C@H](OC)[C@H](O)[C@@H]3O)cc2c1. The van der Waals surface area contributed by atoms with E-state index >= 15 is 0 Å². The summed E-state index contributed by atoms with van der Waals surface area (Å²) in [7, 11) is 2.75. The lowest BCUT2D eigenvalue weighted by atomic mass is 9.99. The smallest absolute Gasteiger partial charge is 0.347 e. The van der Waals surface area contributed by atoms with Crippen LogP contribution in [0.1, 0.15) is 5.76 Å². The van der Waals surface area contributed by atoms with Gasteiger partial charge in [-0.3, -0.25) is 0 Å². The number of rotatable bonds is 6. The molecule has 1 aromatic heterocycles. The fourth-order valence-electron chi connectivity index (χ4n) is 3.17. The van der Waals surface area contributed by atoms with Crippen molar-refractivity contribution >= 4 is 10.8 Å². The standard InChI is InChI=1S/C18H22O10/c1-24-9-3-8-4-10(27-17(23)13(8)11(20)5-9)7-26-18-15(22)14(21)16(25-2)12(6-19)28-18/h3-5,12,14-16,18-22H,6-7H2,1-2H3/t12-,14+,15-,16-,18-/m0/s1. The highest BCUT2D eigenvalue weighted by Gasteiger charge is 2.45. The molecule has 1 aromatic carbocycles. The van der Waals surface area contributed by atoms with Gasteiger partial charge in [-0.15, -0.1) is 0 Å². The van der Waals surface area contributed by atoms with Crippen LogP contribution in [0.15, 0.2) is 27.4 Å². The largest absolute Gasteiger partial charge is 0.507 e. The third-order valence-electron chi connectivity index (χ3n) is 4.58. The van der Waals surface area contributed by atoms with Gasteiger partial charge in [-0.1, -0.05) is 0 Å². The fourth-order valence-corrected chi connectivity index (χ4v) is 3.17. The number of benzene rings is 1. The molecule has 1 fully saturated rings. The van der Waals surface area contributed by atoms with Crippen LogP contribution in [0.4, 0.5) is 0 Å². The predicted molar refractivity (Wildman–Crippen MR) is 94.0 cm³/mol. The molecule has 0 bridgehead atoms. The molecule has 0 spiro atoms. The highest BCUT2D eigenvalue weighted by Crippen LogP contribution is 2.29. The summed E-state index contributed by atoms with van der Waals surface area (Å²) in [6.45, 7) is -0.723. The second kappa shape index (κ2) is 8.43. The van der Waals surface area contributed by atoms with Crippen LogP contribution in [0.25, 0.3) is 10.8 Å². The van der Waals surface area contributed by atoms with E-state index in [-0.39, 0.29) is 23.5 Å². The van der Waals surface area contributed by atoms with Crippen LogP contribution in [0.3, 0.4) is 0 Å². The Morgan fingerprint density at radius 2 is 1.89 bits per heavy atom. The van der Waals surface area contributed by atoms with Gasteiger partial charge in [-0.25, -0.2) is 4.79 Å². The van der Waals surface area contributed by atoms with E-state index in [2.05, 4.69) is 0 Å². The first kappa shape index (κ1) is 20.5. The van der Waals surface area contributed by atoms with Gasteiger partial charge in [0.1, 0.15) is 53.7 Å². The van der Waals surface area contributed by atoms with Crippen molar-refractivity contribution in [3.05, 3.63) is 34.4 Å². The maximum atomic E-state index is 12.2. The van der Waals surface area contributed by atoms with Crippen molar-refractivity contribution in [2.75, 3.05) is 20.8 Å². The number of hydrogen-bond donors (Lipinski definition) is 4. The third-order valence-corrected chi connectivity index (χ3v) is 4.58. The summed E-state index contributed by atoms with van der Waals surface area (Å²) in [5.74, 6) is 0.180. The number of phenolic OH excluding ortho intramolecular Hbond substituents is 1. The number of methoxy groups -OCH3 is 2. The van der Waals surface area contributed by atoms with Crippen molar-refractivity contribution in [2.45, 2.75) is 37.3 Å². The topological polar surface area (TPSA) is 148 Å². The lowest BCUT2D eigenvalue weighted by Crippen LogP contribution is -2.59. The first-order valence-corrected chi connectivity index (χ1v) is 8.50. The highest BCUT2D eigenvalue weighted by molar-refractivity contribution is 5.88. The average molecular weight is 398 g/mol. The van der Waals surface area contributed by atoms with Crippen LogP contribution in [-0.2, 0) is 20.8 Å². The molecular formula is C18H22O10. The Kier molecular flexibility index (Phi) is 6.18. The van der Waals surface area contributed by atoms with Crippen LogP contribution in [0, 0.1) is 0 Å². The Morgan fingerprint density at radius 1 is 1.14 bits per heavy atom. The fraction of sp³-hybridized carbons (Fsp3) is 0.500. The van der Waals surface area contributed by atoms with Crippen LogP contribution in [0.2, 0.25) is 0 Å². The highest BCUT2D eigenvalue weighted by atomic mass is 16.7. The summed E-state index contributed by atoms with van der Waals surface area (Å²) in [4.78, 5) is 12.2. The number of ether oxygens (including phenoxy) is 4. The van der Waals surface area contributed by atoms with Crippen molar-refractivity contribution < 1.29 is 43.8 Å². The van der Waals surface area contributed by atoms with Gasteiger partial charge < -0.3 is 43.8 Å². The molecule has 1 aliphatic rings. The summed E-state index contributed by atoms with van der Waals surface area (Å²) in [5.41, 5.74) is -0.769. The molecule has 4 N–H and O–H groups in total. The van der Waals surface area contributed by atoms with Crippen molar-refractivity contribution in [3.63, 3.8) is 0 Å². The minimum Gasteiger partial charge on any atom is -0.507 e. The van der Waals surface area contributed by atoms with Crippen molar-refractivity contribution in [2.24, 2.45) is 0 Å². The zero-order valence-corrected chi connectivity index (χ0v) is 15.3. The van der Waals surface area contributed by atoms with E-state index in [4.69, 9.17) is 23.4 Å². The summed E-state index contributed by atoms with van der Waals surface area (Å²) in [6, 6.07) is 4.33. The molecule has 1 aliphatic heterocycles. The number of hydrogen-bond acceptors (Lipinski definition) is 10. The quantitative estimate of drug-likeness (QED) is 0.501. The molecular weight excluding hydrogens is 376 g/mol. The first-order valence-electron chi connectivity index (χ1n) is 8.50. The maximum Gasteiger partial charge on any atom is 0.347 e. The normalized spacial score (nSPS) is 27.8. The zero-order chi connectivity index (χ0) is 20.4. The van der Waals surface area contributed by atoms with Crippen LogP contribution in [-0.4, -0.2) is 72.0 Å². The Labute approximate surface area is 159 Å². The van der Waals surface area contributed by atoms with Gasteiger partial charge in [0.2, 0.25) is 0 Å². The summed E-state index contributed by atoms with van der Waals surface area (Å²) >= 11 is 0. The van der Waals surface area contributed by atoms with Gasteiger partial charge in [0.25, 0.3) is 0 Å². The molecule has 0 amide bonds. The molecule has 5 atom stereocenters. The molecule has 10 nitrogen and oxygen atoms in total. The molecule has 0 unspecified atom stereocenters. The Bertz CT molecular complexity index is 877. The second-order valence-corrected chi connectivity index (χ2v) is 6.33. The van der Waals surface area contributed by atoms with Gasteiger partial charge >= 0.3 is 5.63 Å². The molecule has 1 saturated heterocycles. The van der Waals surface area contributed by atoms with Gasteiger partial charge in [-0.2, -0.15) is 0 Å². The molecule has 0 radical (unpaired) electrons. The Balaban J connectivity index is 1.80. The number of aliphatic hydroxyl groups is 3. The zero-order valence-electron chi connectivity index (χ0n) is 15.3. The molecule has 10 heteroatoms. The minimum absolute atomic E-state index is 0.00259. The molecule has 0 saturated carbocycles. The monoisotopic (exact) mass is 398 g/mol. The average Bonchev–Trinajstić information content (AvgIpc) is 2.68. The molecule has 2 heterocycles. The predicted octanol–water partition coefficient (Wildman–Crippen LogP) is -0.522. The third kappa shape index (κ3) is 3.83. The van der Waals surface area contributed by atoms with Gasteiger partial charge in [0.15, 0.2) is 6.29 Å². The van der Waals surface area contributed by atoms with Gasteiger partial charge in [0.05, 0.1) is 13.7 Å². The summed E-state index contributed by atoms with van der Waals surface area (Å²) in [6.07, 6.45) is -5.89. The number of aromatic hydroxyl groups is 1. The second-order valence-electron chi connectivity index (χ2n) is 6.33. The van der Waals surface area contributed by atoms with E-state index in [1.807, 2.05) is 0 Å². The minimum atomic E-state index is -1.44. The molecule has 154 valence electrons. The van der Waals surface area contributed by atoms with E-state index in [1.54, 1.807) is 6.07 Å². The van der Waals surface area contributed by atoms with Crippen LogP contribution < -0.4 is 10.4 Å². The van der Waals surface area contributed by atoms with E-state index in [0.717, 1.165) is 0 Å². The lowest BCUT2D eigenvalue weighted by molar-refractivity contribution is -0.308. The van der Waals surface area contributed by atoms with Gasteiger partial charge in [0, 0.05) is 13.2 Å². The number of phenols is 1.